The van der Waals surface area contributed by atoms with Crippen molar-refractivity contribution in [1.82, 2.24) is 9.66 Å². The topological polar surface area (TPSA) is 101 Å². The number of rotatable bonds is 10. The van der Waals surface area contributed by atoms with E-state index in [1.54, 1.807) is 32.0 Å². The van der Waals surface area contributed by atoms with E-state index in [2.05, 4.69) is 21.0 Å². The third-order valence-corrected chi connectivity index (χ3v) is 6.10. The molecule has 192 valence electrons. The molecule has 2 aromatic carbocycles. The van der Waals surface area contributed by atoms with Crippen LogP contribution in [0.3, 0.4) is 0 Å². The normalized spacial score (nSPS) is 13.0. The smallest absolute Gasteiger partial charge is 0.347 e. The van der Waals surface area contributed by atoms with E-state index in [9.17, 15) is 9.59 Å². The molecular weight excluding hydrogens is 530 g/mol. The Balaban J connectivity index is 2.07. The van der Waals surface area contributed by atoms with Crippen LogP contribution in [0, 0.1) is 0 Å². The van der Waals surface area contributed by atoms with Crippen LogP contribution in [0.15, 0.2) is 44.7 Å². The number of carbonyl (C=O) groups is 1. The molecule has 1 aromatic heterocycles. The molecule has 0 amide bonds. The zero-order valence-electron chi connectivity index (χ0n) is 21.2. The molecule has 3 aromatic rings. The number of ether oxygens (including phenoxy) is 4. The first kappa shape index (κ1) is 27.2. The highest BCUT2D eigenvalue weighted by atomic mass is 79.9. The van der Waals surface area contributed by atoms with Gasteiger partial charge in [0.05, 0.1) is 37.9 Å². The number of methoxy groups -OCH3 is 2. The second-order valence-corrected chi connectivity index (χ2v) is 8.98. The number of hydrogen-bond donors (Lipinski definition) is 0. The van der Waals surface area contributed by atoms with Gasteiger partial charge in [-0.25, -0.2) is 9.78 Å². The first-order valence-electron chi connectivity index (χ1n) is 11.6. The van der Waals surface area contributed by atoms with E-state index in [0.29, 0.717) is 33.8 Å². The maximum absolute atomic E-state index is 13.4. The summed E-state index contributed by atoms with van der Waals surface area (Å²) in [5.74, 6) is 0.999. The summed E-state index contributed by atoms with van der Waals surface area (Å²) in [5, 5.41) is 4.95. The number of benzene rings is 2. The van der Waals surface area contributed by atoms with Gasteiger partial charge in [0, 0.05) is 16.0 Å². The quantitative estimate of drug-likeness (QED) is 0.257. The number of hydrogen-bond acceptors (Lipinski definition) is 8. The Morgan fingerprint density at radius 2 is 1.81 bits per heavy atom. The van der Waals surface area contributed by atoms with Crippen LogP contribution in [-0.4, -0.2) is 48.8 Å². The number of esters is 1. The molecule has 0 unspecified atom stereocenters. The highest BCUT2D eigenvalue weighted by molar-refractivity contribution is 9.10. The predicted octanol–water partition coefficient (Wildman–Crippen LogP) is 4.90. The largest absolute Gasteiger partial charge is 0.493 e. The number of aromatic nitrogens is 2. The average Bonchev–Trinajstić information content (AvgIpc) is 2.88. The fourth-order valence-corrected chi connectivity index (χ4v) is 3.84. The summed E-state index contributed by atoms with van der Waals surface area (Å²) in [7, 11) is 2.96. The van der Waals surface area contributed by atoms with Crippen LogP contribution in [0.4, 0.5) is 0 Å². The van der Waals surface area contributed by atoms with Crippen LogP contribution in [0.1, 0.15) is 51.4 Å². The monoisotopic (exact) mass is 559 g/mol. The molecule has 0 aliphatic rings. The Kier molecular flexibility index (Phi) is 9.08. The number of carbonyl (C=O) groups excluding carboxylic acids is 1. The molecule has 0 saturated carbocycles. The summed E-state index contributed by atoms with van der Waals surface area (Å²) in [5.41, 5.74) is 0.941. The van der Waals surface area contributed by atoms with E-state index < -0.39 is 12.1 Å². The van der Waals surface area contributed by atoms with E-state index in [-0.39, 0.29) is 23.8 Å². The summed E-state index contributed by atoms with van der Waals surface area (Å²) in [6, 6.07) is 8.76. The molecule has 0 radical (unpaired) electrons. The molecule has 2 atom stereocenters. The number of fused-ring (bicyclic) bond motifs is 1. The molecule has 10 heteroatoms. The molecule has 0 saturated heterocycles. The minimum absolute atomic E-state index is 0.00658. The lowest BCUT2D eigenvalue weighted by molar-refractivity contribution is -0.150. The summed E-state index contributed by atoms with van der Waals surface area (Å²) < 4.78 is 23.9. The molecule has 0 N–H and O–H groups in total. The summed E-state index contributed by atoms with van der Waals surface area (Å²) >= 11 is 3.42. The standard InChI is InChI=1S/C26H30BrN3O6/c1-7-15(3)24-29-20-10-9-18(27)13-19(20)25(31)30(24)28-14-17-11-21(33-5)23(22(12-17)34-6)36-16(4)26(32)35-8-2/h9-16H,7-8H2,1-6H3/t15-,16-/m0/s1. The van der Waals surface area contributed by atoms with Crippen molar-refractivity contribution in [3.63, 3.8) is 0 Å². The molecule has 36 heavy (non-hydrogen) atoms. The van der Waals surface area contributed by atoms with Gasteiger partial charge >= 0.3 is 5.97 Å². The van der Waals surface area contributed by atoms with Crippen LogP contribution in [-0.2, 0) is 9.53 Å². The molecule has 0 aliphatic carbocycles. The highest BCUT2D eigenvalue weighted by Gasteiger charge is 2.22. The number of nitrogens with zero attached hydrogens (tertiary/aromatic N) is 3. The molecule has 9 nitrogen and oxygen atoms in total. The van der Waals surface area contributed by atoms with E-state index >= 15 is 0 Å². The first-order valence-corrected chi connectivity index (χ1v) is 12.4. The van der Waals surface area contributed by atoms with Crippen LogP contribution >= 0.6 is 15.9 Å². The maximum Gasteiger partial charge on any atom is 0.347 e. The lowest BCUT2D eigenvalue weighted by Gasteiger charge is -2.18. The van der Waals surface area contributed by atoms with Gasteiger partial charge in [0.25, 0.3) is 5.56 Å². The van der Waals surface area contributed by atoms with Crippen molar-refractivity contribution in [3.05, 3.63) is 56.5 Å². The van der Waals surface area contributed by atoms with Crippen molar-refractivity contribution >= 4 is 39.0 Å². The number of halogens is 1. The summed E-state index contributed by atoms with van der Waals surface area (Å²) in [6.45, 7) is 7.58. The molecule has 0 aliphatic heterocycles. The Morgan fingerprint density at radius 3 is 2.39 bits per heavy atom. The van der Waals surface area contributed by atoms with E-state index in [1.807, 2.05) is 26.0 Å². The SMILES string of the molecule is CCOC(=O)[C@H](C)Oc1c(OC)cc(C=Nn2c([C@@H](C)CC)nc3ccc(Br)cc3c2=O)cc1OC. The van der Waals surface area contributed by atoms with Gasteiger partial charge in [-0.3, -0.25) is 4.79 Å². The van der Waals surface area contributed by atoms with Gasteiger partial charge in [0.2, 0.25) is 5.75 Å². The lowest BCUT2D eigenvalue weighted by Crippen LogP contribution is -2.26. The molecule has 0 spiro atoms. The average molecular weight is 560 g/mol. The second kappa shape index (κ2) is 12.0. The molecular formula is C26H30BrN3O6. The highest BCUT2D eigenvalue weighted by Crippen LogP contribution is 2.39. The van der Waals surface area contributed by atoms with Gasteiger partial charge in [-0.2, -0.15) is 9.78 Å². The van der Waals surface area contributed by atoms with E-state index in [0.717, 1.165) is 10.9 Å². The third kappa shape index (κ3) is 5.87. The minimum atomic E-state index is -0.869. The van der Waals surface area contributed by atoms with Gasteiger partial charge in [-0.1, -0.05) is 29.8 Å². The third-order valence-electron chi connectivity index (χ3n) is 5.60. The van der Waals surface area contributed by atoms with Crippen molar-refractivity contribution in [2.24, 2.45) is 5.10 Å². The lowest BCUT2D eigenvalue weighted by atomic mass is 10.1. The molecule has 3 rings (SSSR count). The van der Waals surface area contributed by atoms with Gasteiger partial charge in [-0.15, -0.1) is 0 Å². The van der Waals surface area contributed by atoms with Crippen molar-refractivity contribution in [3.8, 4) is 17.2 Å². The first-order chi connectivity index (χ1) is 17.2. The summed E-state index contributed by atoms with van der Waals surface area (Å²) in [6.07, 6.45) is 1.45. The summed E-state index contributed by atoms with van der Waals surface area (Å²) in [4.78, 5) is 30.1. The molecule has 0 bridgehead atoms. The second-order valence-electron chi connectivity index (χ2n) is 8.07. The van der Waals surface area contributed by atoms with Gasteiger partial charge in [0.15, 0.2) is 17.6 Å². The maximum atomic E-state index is 13.4. The predicted molar refractivity (Wildman–Crippen MR) is 142 cm³/mol. The Bertz CT molecular complexity index is 1310. The van der Waals surface area contributed by atoms with Crippen molar-refractivity contribution in [1.29, 1.82) is 0 Å². The van der Waals surface area contributed by atoms with Gasteiger partial charge in [0.1, 0.15) is 5.82 Å². The van der Waals surface area contributed by atoms with Gasteiger partial charge < -0.3 is 18.9 Å². The Morgan fingerprint density at radius 1 is 1.14 bits per heavy atom. The fraction of sp³-hybridized carbons (Fsp3) is 0.385. The van der Waals surface area contributed by atoms with E-state index in [4.69, 9.17) is 23.9 Å². The van der Waals surface area contributed by atoms with Crippen LogP contribution < -0.4 is 19.8 Å². The van der Waals surface area contributed by atoms with Crippen LogP contribution in [0.25, 0.3) is 10.9 Å². The fourth-order valence-electron chi connectivity index (χ4n) is 3.48. The Hall–Kier alpha value is -3.40. The van der Waals surface area contributed by atoms with Gasteiger partial charge in [-0.05, 0) is 50.6 Å². The Labute approximate surface area is 218 Å². The molecule has 1 heterocycles. The van der Waals surface area contributed by atoms with E-state index in [1.165, 1.54) is 25.1 Å². The van der Waals surface area contributed by atoms with Crippen molar-refractivity contribution < 1.29 is 23.7 Å². The van der Waals surface area contributed by atoms with Crippen molar-refractivity contribution in [2.45, 2.75) is 46.1 Å². The van der Waals surface area contributed by atoms with Crippen LogP contribution in [0.2, 0.25) is 0 Å². The minimum Gasteiger partial charge on any atom is -0.493 e. The van der Waals surface area contributed by atoms with Crippen molar-refractivity contribution in [2.75, 3.05) is 20.8 Å². The molecule has 0 fully saturated rings. The zero-order chi connectivity index (χ0) is 26.4. The zero-order valence-corrected chi connectivity index (χ0v) is 22.8. The van der Waals surface area contributed by atoms with Crippen LogP contribution in [0.5, 0.6) is 17.2 Å².